The van der Waals surface area contributed by atoms with E-state index in [0.717, 1.165) is 9.80 Å². The molecule has 0 radical (unpaired) electrons. The van der Waals surface area contributed by atoms with E-state index in [2.05, 4.69) is 15.6 Å². The van der Waals surface area contributed by atoms with E-state index in [4.69, 9.17) is 9.84 Å². The number of ether oxygens (including phenoxy) is 1. The molecule has 0 unspecified atom stereocenters. The van der Waals surface area contributed by atoms with Crippen LogP contribution in [0.1, 0.15) is 16.8 Å². The number of aldehydes is 1. The average molecular weight is 594 g/mol. The average Bonchev–Trinajstić information content (AvgIpc) is 3.10. The van der Waals surface area contributed by atoms with Gasteiger partial charge in [-0.05, 0) is 24.3 Å². The number of carbonyl (C=O) groups is 6. The molecule has 5 N–H and O–H groups in total. The summed E-state index contributed by atoms with van der Waals surface area (Å²) >= 11 is 0. The third-order valence-electron chi connectivity index (χ3n) is 6.67. The number of hydrogen-bond acceptors (Lipinski definition) is 9. The summed E-state index contributed by atoms with van der Waals surface area (Å²) < 4.78 is 5.15. The number of amides is 4. The van der Waals surface area contributed by atoms with Gasteiger partial charge in [-0.25, -0.2) is 0 Å². The Morgan fingerprint density at radius 3 is 2.51 bits per heavy atom. The van der Waals surface area contributed by atoms with Gasteiger partial charge in [0, 0.05) is 17.6 Å². The number of para-hydroxylation sites is 2. The van der Waals surface area contributed by atoms with Crippen LogP contribution in [0.3, 0.4) is 0 Å². The highest BCUT2D eigenvalue weighted by Crippen LogP contribution is 2.33. The standard InChI is InChI=1S/C28H27N5O10/c1-43-16-6-7-17-19(9-16)29-10-18(26(17)40)27(41)31-20-11-32(24(37)14-35)21-4-2-3-5-22(21)33(28(20)42)12-23(36)30-15(13-34)8-25(38)39/h2-7,9-10,13,15,20,35H,8,11-12,14H2,1H3,(H,29,40)(H,30,36)(H,31,41)(H,38,39)/t15-,20-/m0/s1. The summed E-state index contributed by atoms with van der Waals surface area (Å²) in [5.74, 6) is -4.37. The predicted molar refractivity (Wildman–Crippen MR) is 151 cm³/mol. The maximum atomic E-state index is 13.8. The highest BCUT2D eigenvalue weighted by molar-refractivity contribution is 6.11. The van der Waals surface area contributed by atoms with Crippen molar-refractivity contribution < 1.29 is 43.7 Å². The number of carbonyl (C=O) groups excluding carboxylic acids is 5. The molecule has 0 spiro atoms. The number of benzene rings is 2. The fourth-order valence-corrected chi connectivity index (χ4v) is 4.63. The summed E-state index contributed by atoms with van der Waals surface area (Å²) in [6, 6.07) is 7.67. The molecule has 0 bridgehead atoms. The molecule has 0 saturated carbocycles. The second-order valence-electron chi connectivity index (χ2n) is 9.45. The van der Waals surface area contributed by atoms with Gasteiger partial charge in [-0.2, -0.15) is 0 Å². The van der Waals surface area contributed by atoms with Gasteiger partial charge in [0.2, 0.25) is 11.3 Å². The van der Waals surface area contributed by atoms with Crippen LogP contribution in [0.5, 0.6) is 5.75 Å². The van der Waals surface area contributed by atoms with E-state index in [1.807, 2.05) is 0 Å². The number of aromatic nitrogens is 1. The van der Waals surface area contributed by atoms with Gasteiger partial charge in [-0.15, -0.1) is 0 Å². The summed E-state index contributed by atoms with van der Waals surface area (Å²) in [7, 11) is 1.46. The number of aromatic amines is 1. The number of H-pyrrole nitrogens is 1. The molecule has 1 aliphatic heterocycles. The Balaban J connectivity index is 1.69. The van der Waals surface area contributed by atoms with Crippen molar-refractivity contribution in [2.75, 3.05) is 36.6 Å². The summed E-state index contributed by atoms with van der Waals surface area (Å²) in [6.07, 6.45) is 0.718. The molecule has 43 heavy (non-hydrogen) atoms. The van der Waals surface area contributed by atoms with Crippen molar-refractivity contribution >= 4 is 58.2 Å². The molecule has 2 heterocycles. The minimum atomic E-state index is -1.50. The Morgan fingerprint density at radius 1 is 1.14 bits per heavy atom. The molecule has 0 saturated heterocycles. The summed E-state index contributed by atoms with van der Waals surface area (Å²) in [5, 5.41) is 23.5. The molecule has 224 valence electrons. The molecular weight excluding hydrogens is 566 g/mol. The highest BCUT2D eigenvalue weighted by Gasteiger charge is 2.38. The number of aliphatic carboxylic acids is 1. The van der Waals surface area contributed by atoms with Gasteiger partial charge in [0.05, 0.1) is 43.0 Å². The second-order valence-corrected chi connectivity index (χ2v) is 9.45. The highest BCUT2D eigenvalue weighted by atomic mass is 16.5. The van der Waals surface area contributed by atoms with E-state index in [0.29, 0.717) is 11.3 Å². The number of carboxylic acids is 1. The van der Waals surface area contributed by atoms with Crippen LogP contribution in [0.15, 0.2) is 53.5 Å². The lowest BCUT2D eigenvalue weighted by Gasteiger charge is -2.25. The number of anilines is 2. The molecule has 4 rings (SSSR count). The zero-order valence-electron chi connectivity index (χ0n) is 22.7. The van der Waals surface area contributed by atoms with Crippen LogP contribution >= 0.6 is 0 Å². The fraction of sp³-hybridized carbons (Fsp3) is 0.250. The first-order chi connectivity index (χ1) is 20.6. The Bertz CT molecular complexity index is 1670. The molecular formula is C28H27N5O10. The van der Waals surface area contributed by atoms with Gasteiger partial charge in [0.1, 0.15) is 36.8 Å². The second kappa shape index (κ2) is 12.9. The van der Waals surface area contributed by atoms with E-state index in [1.54, 1.807) is 12.1 Å². The summed E-state index contributed by atoms with van der Waals surface area (Å²) in [5.41, 5.74) is -0.375. The zero-order valence-corrected chi connectivity index (χ0v) is 22.7. The van der Waals surface area contributed by atoms with Crippen molar-refractivity contribution in [1.29, 1.82) is 0 Å². The molecule has 3 aromatic rings. The lowest BCUT2D eigenvalue weighted by Crippen LogP contribution is -2.55. The number of rotatable bonds is 10. The lowest BCUT2D eigenvalue weighted by atomic mass is 10.1. The molecule has 1 aromatic heterocycles. The first-order valence-corrected chi connectivity index (χ1v) is 12.9. The van der Waals surface area contributed by atoms with Crippen molar-refractivity contribution in [1.82, 2.24) is 15.6 Å². The maximum Gasteiger partial charge on any atom is 0.305 e. The van der Waals surface area contributed by atoms with E-state index in [-0.39, 0.29) is 28.6 Å². The normalized spacial score (nSPS) is 15.2. The van der Waals surface area contributed by atoms with Crippen molar-refractivity contribution in [2.45, 2.75) is 18.5 Å². The largest absolute Gasteiger partial charge is 0.497 e. The molecule has 2 aromatic carbocycles. The van der Waals surface area contributed by atoms with Crippen molar-refractivity contribution in [3.63, 3.8) is 0 Å². The number of fused-ring (bicyclic) bond motifs is 2. The Hall–Kier alpha value is -5.57. The van der Waals surface area contributed by atoms with Gasteiger partial charge in [-0.1, -0.05) is 12.1 Å². The maximum absolute atomic E-state index is 13.8. The first-order valence-electron chi connectivity index (χ1n) is 12.9. The molecule has 4 amide bonds. The van der Waals surface area contributed by atoms with Crippen molar-refractivity contribution in [3.8, 4) is 5.75 Å². The molecule has 0 fully saturated rings. The van der Waals surface area contributed by atoms with Gasteiger partial charge < -0.3 is 40.3 Å². The van der Waals surface area contributed by atoms with Crippen LogP contribution in [0.25, 0.3) is 10.9 Å². The lowest BCUT2D eigenvalue weighted by molar-refractivity contribution is -0.139. The van der Waals surface area contributed by atoms with E-state index < -0.39 is 73.2 Å². The van der Waals surface area contributed by atoms with E-state index >= 15 is 0 Å². The van der Waals surface area contributed by atoms with Crippen LogP contribution in [-0.4, -0.2) is 90.0 Å². The van der Waals surface area contributed by atoms with E-state index in [1.165, 1.54) is 43.6 Å². The minimum Gasteiger partial charge on any atom is -0.497 e. The third kappa shape index (κ3) is 6.51. The third-order valence-corrected chi connectivity index (χ3v) is 6.67. The Labute approximate surface area is 243 Å². The number of nitrogens with one attached hydrogen (secondary N) is 3. The molecule has 1 aliphatic rings. The van der Waals surface area contributed by atoms with Crippen molar-refractivity contribution in [2.24, 2.45) is 0 Å². The molecule has 15 nitrogen and oxygen atoms in total. The number of carboxylic acid groups (broad SMARTS) is 1. The van der Waals surface area contributed by atoms with Crippen LogP contribution in [0, 0.1) is 0 Å². The minimum absolute atomic E-state index is 0.0691. The van der Waals surface area contributed by atoms with Gasteiger partial charge in [-0.3, -0.25) is 33.7 Å². The predicted octanol–water partition coefficient (Wildman–Crippen LogP) is -0.834. The van der Waals surface area contributed by atoms with Gasteiger partial charge >= 0.3 is 5.97 Å². The SMILES string of the molecule is COc1ccc2c(=O)c(C(=O)N[C@H]3CN(C(=O)CO)c4ccccc4N(CC(=O)N[C@H](C=O)CC(=O)O)C3=O)c[nH]c2c1. The van der Waals surface area contributed by atoms with Crippen LogP contribution in [0.4, 0.5) is 11.4 Å². The summed E-state index contributed by atoms with van der Waals surface area (Å²) in [4.78, 5) is 93.1. The zero-order chi connectivity index (χ0) is 31.3. The monoisotopic (exact) mass is 593 g/mol. The first kappa shape index (κ1) is 30.4. The molecule has 2 atom stereocenters. The number of pyridine rings is 1. The quantitative estimate of drug-likeness (QED) is 0.184. The topological polar surface area (TPSA) is 216 Å². The number of methoxy groups -OCH3 is 1. The number of hydrogen-bond donors (Lipinski definition) is 5. The smallest absolute Gasteiger partial charge is 0.305 e. The van der Waals surface area contributed by atoms with Gasteiger partial charge in [0.15, 0.2) is 0 Å². The number of aliphatic hydroxyl groups is 1. The fourth-order valence-electron chi connectivity index (χ4n) is 4.63. The van der Waals surface area contributed by atoms with Crippen LogP contribution < -0.4 is 30.6 Å². The Kier molecular flexibility index (Phi) is 9.15. The van der Waals surface area contributed by atoms with Crippen molar-refractivity contribution in [3.05, 3.63) is 64.4 Å². The van der Waals surface area contributed by atoms with E-state index in [9.17, 15) is 38.7 Å². The molecule has 0 aliphatic carbocycles. The van der Waals surface area contributed by atoms with Crippen LogP contribution in [0.2, 0.25) is 0 Å². The number of aliphatic hydroxyl groups excluding tert-OH is 1. The summed E-state index contributed by atoms with van der Waals surface area (Å²) in [6.45, 7) is -2.11. The Morgan fingerprint density at radius 2 is 1.86 bits per heavy atom. The molecule has 15 heteroatoms. The van der Waals surface area contributed by atoms with Crippen LogP contribution in [-0.2, 0) is 24.0 Å². The number of nitrogens with zero attached hydrogens (tertiary/aromatic N) is 2. The van der Waals surface area contributed by atoms with Gasteiger partial charge in [0.25, 0.3) is 17.7 Å².